The standard InChI is InChI=1S/C18H25FN2O4/c1-3-24-17(22)14-8-10-21(11-9-14)18(23)20-13(2)12-25-16-6-4-15(19)5-7-16/h4-7,13-14H,3,8-12H2,1-2H3,(H,20,23). The van der Waals surface area contributed by atoms with Crippen LogP contribution in [0.3, 0.4) is 0 Å². The van der Waals surface area contributed by atoms with Gasteiger partial charge in [-0.1, -0.05) is 0 Å². The zero-order valence-corrected chi connectivity index (χ0v) is 14.7. The molecule has 1 fully saturated rings. The Morgan fingerprint density at radius 1 is 1.28 bits per heavy atom. The van der Waals surface area contributed by atoms with E-state index in [1.807, 2.05) is 6.92 Å². The van der Waals surface area contributed by atoms with Crippen LogP contribution in [0.25, 0.3) is 0 Å². The zero-order chi connectivity index (χ0) is 18.2. The van der Waals surface area contributed by atoms with Crippen molar-refractivity contribution in [2.45, 2.75) is 32.7 Å². The fourth-order valence-corrected chi connectivity index (χ4v) is 2.67. The average Bonchev–Trinajstić information content (AvgIpc) is 2.61. The van der Waals surface area contributed by atoms with Crippen LogP contribution in [0.4, 0.5) is 9.18 Å². The van der Waals surface area contributed by atoms with E-state index in [1.165, 1.54) is 12.1 Å². The number of carbonyl (C=O) groups is 2. The SMILES string of the molecule is CCOC(=O)C1CCN(C(=O)NC(C)COc2ccc(F)cc2)CC1. The molecule has 1 heterocycles. The molecule has 1 saturated heterocycles. The normalized spacial score (nSPS) is 16.2. The van der Waals surface area contributed by atoms with Crippen LogP contribution >= 0.6 is 0 Å². The van der Waals surface area contributed by atoms with Crippen LogP contribution in [0.5, 0.6) is 5.75 Å². The molecule has 0 radical (unpaired) electrons. The lowest BCUT2D eigenvalue weighted by Crippen LogP contribution is -2.49. The highest BCUT2D eigenvalue weighted by molar-refractivity contribution is 5.76. The van der Waals surface area contributed by atoms with Crippen molar-refractivity contribution in [3.05, 3.63) is 30.1 Å². The van der Waals surface area contributed by atoms with Crippen molar-refractivity contribution in [3.63, 3.8) is 0 Å². The van der Waals surface area contributed by atoms with Gasteiger partial charge in [-0.2, -0.15) is 0 Å². The Bertz CT molecular complexity index is 571. The maximum absolute atomic E-state index is 12.8. The molecular formula is C18H25FN2O4. The minimum Gasteiger partial charge on any atom is -0.491 e. The van der Waals surface area contributed by atoms with Crippen molar-refractivity contribution in [1.82, 2.24) is 10.2 Å². The number of carbonyl (C=O) groups excluding carboxylic acids is 2. The molecule has 1 aromatic rings. The van der Waals surface area contributed by atoms with Crippen LogP contribution in [0.15, 0.2) is 24.3 Å². The number of ether oxygens (including phenoxy) is 2. The fraction of sp³-hybridized carbons (Fsp3) is 0.556. The predicted molar refractivity (Wildman–Crippen MR) is 90.8 cm³/mol. The molecular weight excluding hydrogens is 327 g/mol. The Balaban J connectivity index is 1.71. The second kappa shape index (κ2) is 9.25. The van der Waals surface area contributed by atoms with Gasteiger partial charge in [0.15, 0.2) is 0 Å². The Hall–Kier alpha value is -2.31. The number of hydrogen-bond acceptors (Lipinski definition) is 4. The highest BCUT2D eigenvalue weighted by atomic mass is 19.1. The quantitative estimate of drug-likeness (QED) is 0.799. The summed E-state index contributed by atoms with van der Waals surface area (Å²) in [6.45, 7) is 5.35. The number of nitrogens with zero attached hydrogens (tertiary/aromatic N) is 1. The van der Waals surface area contributed by atoms with Crippen molar-refractivity contribution >= 4 is 12.0 Å². The lowest BCUT2D eigenvalue weighted by molar-refractivity contribution is -0.149. The van der Waals surface area contributed by atoms with E-state index >= 15 is 0 Å². The first-order valence-corrected chi connectivity index (χ1v) is 8.60. The maximum Gasteiger partial charge on any atom is 0.317 e. The molecule has 1 unspecified atom stereocenters. The summed E-state index contributed by atoms with van der Waals surface area (Å²) in [5.74, 6) is -0.0653. The summed E-state index contributed by atoms with van der Waals surface area (Å²) < 4.78 is 23.4. The second-order valence-electron chi connectivity index (χ2n) is 6.13. The van der Waals surface area contributed by atoms with E-state index in [0.717, 1.165) is 0 Å². The van der Waals surface area contributed by atoms with Gasteiger partial charge in [-0.15, -0.1) is 0 Å². The summed E-state index contributed by atoms with van der Waals surface area (Å²) in [6, 6.07) is 5.38. The van der Waals surface area contributed by atoms with Crippen molar-refractivity contribution in [2.24, 2.45) is 5.92 Å². The number of halogens is 1. The average molecular weight is 352 g/mol. The number of benzene rings is 1. The molecule has 0 bridgehead atoms. The highest BCUT2D eigenvalue weighted by Crippen LogP contribution is 2.19. The Morgan fingerprint density at radius 2 is 1.92 bits per heavy atom. The molecule has 0 aliphatic carbocycles. The number of urea groups is 1. The van der Waals surface area contributed by atoms with Crippen molar-refractivity contribution in [3.8, 4) is 5.75 Å². The fourth-order valence-electron chi connectivity index (χ4n) is 2.67. The number of hydrogen-bond donors (Lipinski definition) is 1. The summed E-state index contributed by atoms with van der Waals surface area (Å²) in [4.78, 5) is 25.7. The van der Waals surface area contributed by atoms with E-state index in [1.54, 1.807) is 24.0 Å². The van der Waals surface area contributed by atoms with Crippen molar-refractivity contribution in [2.75, 3.05) is 26.3 Å². The van der Waals surface area contributed by atoms with Gasteiger partial charge in [0.05, 0.1) is 18.6 Å². The first-order valence-electron chi connectivity index (χ1n) is 8.60. The molecule has 2 amide bonds. The van der Waals surface area contributed by atoms with E-state index < -0.39 is 0 Å². The van der Waals surface area contributed by atoms with Crippen molar-refractivity contribution < 1.29 is 23.5 Å². The maximum atomic E-state index is 12.8. The topological polar surface area (TPSA) is 67.9 Å². The molecule has 6 nitrogen and oxygen atoms in total. The molecule has 0 spiro atoms. The third kappa shape index (κ3) is 5.92. The highest BCUT2D eigenvalue weighted by Gasteiger charge is 2.28. The molecule has 1 aromatic carbocycles. The zero-order valence-electron chi connectivity index (χ0n) is 14.7. The number of nitrogens with one attached hydrogen (secondary N) is 1. The van der Waals surface area contributed by atoms with Gasteiger partial charge in [0.2, 0.25) is 0 Å². The van der Waals surface area contributed by atoms with Gasteiger partial charge in [-0.3, -0.25) is 4.79 Å². The first kappa shape index (κ1) is 19.0. The summed E-state index contributed by atoms with van der Waals surface area (Å²) in [5, 5.41) is 2.87. The lowest BCUT2D eigenvalue weighted by Gasteiger charge is -2.31. The van der Waals surface area contributed by atoms with E-state index in [9.17, 15) is 14.0 Å². The lowest BCUT2D eigenvalue weighted by atomic mass is 9.97. The molecule has 25 heavy (non-hydrogen) atoms. The minimum atomic E-state index is -0.320. The Morgan fingerprint density at radius 3 is 2.52 bits per heavy atom. The smallest absolute Gasteiger partial charge is 0.317 e. The van der Waals surface area contributed by atoms with E-state index in [2.05, 4.69) is 5.32 Å². The van der Waals surface area contributed by atoms with E-state index in [-0.39, 0.29) is 36.4 Å². The van der Waals surface area contributed by atoms with Crippen LogP contribution < -0.4 is 10.1 Å². The number of likely N-dealkylation sites (tertiary alicyclic amines) is 1. The number of rotatable bonds is 6. The molecule has 7 heteroatoms. The summed E-state index contributed by atoms with van der Waals surface area (Å²) in [7, 11) is 0. The van der Waals surface area contributed by atoms with Gasteiger partial charge in [-0.25, -0.2) is 9.18 Å². The van der Waals surface area contributed by atoms with Gasteiger partial charge in [-0.05, 0) is 51.0 Å². The van der Waals surface area contributed by atoms with Gasteiger partial charge >= 0.3 is 12.0 Å². The molecule has 1 atom stereocenters. The molecule has 1 N–H and O–H groups in total. The number of amides is 2. The van der Waals surface area contributed by atoms with Gasteiger partial charge < -0.3 is 19.7 Å². The minimum absolute atomic E-state index is 0.122. The third-order valence-corrected chi connectivity index (χ3v) is 4.09. The van der Waals surface area contributed by atoms with Crippen LogP contribution in [-0.2, 0) is 9.53 Å². The van der Waals surface area contributed by atoms with E-state index in [0.29, 0.717) is 38.3 Å². The molecule has 2 rings (SSSR count). The second-order valence-corrected chi connectivity index (χ2v) is 6.13. The molecule has 0 aromatic heterocycles. The van der Waals surface area contributed by atoms with Crippen LogP contribution in [-0.4, -0.2) is 49.2 Å². The van der Waals surface area contributed by atoms with Gasteiger partial charge in [0.1, 0.15) is 18.2 Å². The van der Waals surface area contributed by atoms with Crippen LogP contribution in [0.1, 0.15) is 26.7 Å². The Kier molecular flexibility index (Phi) is 7.03. The first-order chi connectivity index (χ1) is 12.0. The van der Waals surface area contributed by atoms with Crippen molar-refractivity contribution in [1.29, 1.82) is 0 Å². The molecule has 1 aliphatic rings. The van der Waals surface area contributed by atoms with Gasteiger partial charge in [0.25, 0.3) is 0 Å². The van der Waals surface area contributed by atoms with Crippen LogP contribution in [0, 0.1) is 11.7 Å². The Labute approximate surface area is 147 Å². The third-order valence-electron chi connectivity index (χ3n) is 4.09. The van der Waals surface area contributed by atoms with Crippen LogP contribution in [0.2, 0.25) is 0 Å². The monoisotopic (exact) mass is 352 g/mol. The molecule has 138 valence electrons. The predicted octanol–water partition coefficient (Wildman–Crippen LogP) is 2.58. The molecule has 1 aliphatic heterocycles. The number of piperidine rings is 1. The summed E-state index contributed by atoms with van der Waals surface area (Å²) >= 11 is 0. The summed E-state index contributed by atoms with van der Waals surface area (Å²) in [5.41, 5.74) is 0. The summed E-state index contributed by atoms with van der Waals surface area (Å²) in [6.07, 6.45) is 1.24. The van der Waals surface area contributed by atoms with E-state index in [4.69, 9.17) is 9.47 Å². The largest absolute Gasteiger partial charge is 0.491 e. The number of esters is 1. The molecule has 0 saturated carbocycles. The van der Waals surface area contributed by atoms with Gasteiger partial charge in [0, 0.05) is 13.1 Å².